The number of hydrogen-bond acceptors (Lipinski definition) is 3. The molecular formula is C21H22FN3O2. The molecule has 0 aliphatic carbocycles. The molecule has 0 N–H and O–H groups in total. The number of carbonyl (C=O) groups is 1. The normalized spacial score (nSPS) is 17.4. The molecular weight excluding hydrogens is 345 g/mol. The van der Waals surface area contributed by atoms with Crippen molar-refractivity contribution in [1.29, 1.82) is 0 Å². The molecule has 0 spiro atoms. The van der Waals surface area contributed by atoms with Crippen LogP contribution in [-0.4, -0.2) is 46.0 Å². The molecule has 4 rings (SSSR count). The van der Waals surface area contributed by atoms with Crippen LogP contribution in [-0.2, 0) is 22.4 Å². The summed E-state index contributed by atoms with van der Waals surface area (Å²) in [7, 11) is 0. The molecule has 1 atom stereocenters. The van der Waals surface area contributed by atoms with E-state index in [0.717, 1.165) is 22.5 Å². The van der Waals surface area contributed by atoms with Gasteiger partial charge in [-0.2, -0.15) is 0 Å². The molecule has 140 valence electrons. The molecule has 1 saturated heterocycles. The second-order valence-corrected chi connectivity index (χ2v) is 6.98. The van der Waals surface area contributed by atoms with E-state index in [1.54, 1.807) is 12.3 Å². The number of rotatable bonds is 4. The van der Waals surface area contributed by atoms with Gasteiger partial charge in [0.05, 0.1) is 24.8 Å². The topological polar surface area (TPSA) is 46.8 Å². The van der Waals surface area contributed by atoms with Crippen LogP contribution in [0.1, 0.15) is 16.8 Å². The van der Waals surface area contributed by atoms with Crippen LogP contribution in [0.3, 0.4) is 0 Å². The van der Waals surface area contributed by atoms with Crippen molar-refractivity contribution >= 4 is 11.6 Å². The number of aromatic nitrogens is 2. The summed E-state index contributed by atoms with van der Waals surface area (Å²) in [6, 6.07) is 10.5. The summed E-state index contributed by atoms with van der Waals surface area (Å²) in [5.74, 6) is -0.190. The van der Waals surface area contributed by atoms with Crippen molar-refractivity contribution < 1.29 is 13.9 Å². The lowest BCUT2D eigenvalue weighted by Crippen LogP contribution is -2.47. The molecule has 1 amide bonds. The number of pyridine rings is 1. The van der Waals surface area contributed by atoms with Crippen LogP contribution in [0, 0.1) is 12.7 Å². The fraction of sp³-hybridized carbons (Fsp3) is 0.333. The third-order valence-electron chi connectivity index (χ3n) is 4.98. The zero-order chi connectivity index (χ0) is 18.8. The second kappa shape index (κ2) is 7.48. The van der Waals surface area contributed by atoms with Crippen LogP contribution in [0.4, 0.5) is 4.39 Å². The van der Waals surface area contributed by atoms with Gasteiger partial charge >= 0.3 is 0 Å². The Hall–Kier alpha value is -2.73. The molecule has 3 aromatic rings. The molecule has 5 nitrogen and oxygen atoms in total. The van der Waals surface area contributed by atoms with Crippen molar-refractivity contribution in [3.63, 3.8) is 0 Å². The van der Waals surface area contributed by atoms with E-state index >= 15 is 0 Å². The number of amides is 1. The standard InChI is InChI=1S/C21H22FN3O2/c1-15-4-3-7-25-18(13-23-21(15)25)12-20(26)24-8-9-27-19(14-24)11-16-5-2-6-17(22)10-16/h2-7,10,13,19H,8-9,11-12,14H2,1H3. The van der Waals surface area contributed by atoms with Gasteiger partial charge in [-0.25, -0.2) is 9.37 Å². The minimum atomic E-state index is -0.251. The molecule has 27 heavy (non-hydrogen) atoms. The summed E-state index contributed by atoms with van der Waals surface area (Å²) in [6.07, 6.45) is 4.48. The second-order valence-electron chi connectivity index (χ2n) is 6.98. The number of morpholine rings is 1. The predicted octanol–water partition coefficient (Wildman–Crippen LogP) is 2.79. The van der Waals surface area contributed by atoms with Crippen molar-refractivity contribution in [2.45, 2.75) is 25.9 Å². The third-order valence-corrected chi connectivity index (χ3v) is 4.98. The van der Waals surface area contributed by atoms with E-state index in [0.29, 0.717) is 32.5 Å². The van der Waals surface area contributed by atoms with Crippen LogP contribution in [0.5, 0.6) is 0 Å². The summed E-state index contributed by atoms with van der Waals surface area (Å²) in [6.45, 7) is 3.60. The van der Waals surface area contributed by atoms with Crippen molar-refractivity contribution in [1.82, 2.24) is 14.3 Å². The Morgan fingerprint density at radius 2 is 2.22 bits per heavy atom. The molecule has 1 fully saturated rings. The van der Waals surface area contributed by atoms with E-state index in [1.807, 2.05) is 40.6 Å². The number of carbonyl (C=O) groups excluding carboxylic acids is 1. The highest BCUT2D eigenvalue weighted by molar-refractivity contribution is 5.78. The first kappa shape index (κ1) is 17.7. The number of hydrogen-bond donors (Lipinski definition) is 0. The molecule has 3 heterocycles. The highest BCUT2D eigenvalue weighted by Gasteiger charge is 2.25. The molecule has 1 aliphatic heterocycles. The third kappa shape index (κ3) is 3.85. The first-order chi connectivity index (χ1) is 13.1. The van der Waals surface area contributed by atoms with E-state index < -0.39 is 0 Å². The molecule has 6 heteroatoms. The minimum Gasteiger partial charge on any atom is -0.374 e. The first-order valence-corrected chi connectivity index (χ1v) is 9.15. The SMILES string of the molecule is Cc1cccn2c(CC(=O)N3CCOC(Cc4cccc(F)c4)C3)cnc12. The predicted molar refractivity (Wildman–Crippen MR) is 100 cm³/mol. The fourth-order valence-electron chi connectivity index (χ4n) is 3.60. The van der Waals surface area contributed by atoms with Crippen molar-refractivity contribution in [3.8, 4) is 0 Å². The quantitative estimate of drug-likeness (QED) is 0.712. The number of ether oxygens (including phenoxy) is 1. The Morgan fingerprint density at radius 3 is 3.07 bits per heavy atom. The number of fused-ring (bicyclic) bond motifs is 1. The van der Waals surface area contributed by atoms with Crippen molar-refractivity contribution in [2.24, 2.45) is 0 Å². The average Bonchev–Trinajstić information content (AvgIpc) is 3.06. The van der Waals surface area contributed by atoms with Gasteiger partial charge in [-0.1, -0.05) is 18.2 Å². The van der Waals surface area contributed by atoms with Gasteiger partial charge in [0, 0.05) is 31.9 Å². The van der Waals surface area contributed by atoms with Crippen LogP contribution in [0.15, 0.2) is 48.8 Å². The van der Waals surface area contributed by atoms with Gasteiger partial charge < -0.3 is 14.0 Å². The van der Waals surface area contributed by atoms with Gasteiger partial charge in [0.25, 0.3) is 0 Å². The van der Waals surface area contributed by atoms with Gasteiger partial charge in [-0.05, 0) is 36.2 Å². The number of benzene rings is 1. The lowest BCUT2D eigenvalue weighted by atomic mass is 10.1. The zero-order valence-corrected chi connectivity index (χ0v) is 15.3. The summed E-state index contributed by atoms with van der Waals surface area (Å²) < 4.78 is 21.1. The lowest BCUT2D eigenvalue weighted by molar-refractivity contribution is -0.138. The molecule has 0 bridgehead atoms. The van der Waals surface area contributed by atoms with Crippen LogP contribution in [0.2, 0.25) is 0 Å². The molecule has 2 aromatic heterocycles. The number of imidazole rings is 1. The number of nitrogens with zero attached hydrogens (tertiary/aromatic N) is 3. The molecule has 1 aromatic carbocycles. The van der Waals surface area contributed by atoms with E-state index in [9.17, 15) is 9.18 Å². The molecule has 1 unspecified atom stereocenters. The Bertz CT molecular complexity index is 969. The fourth-order valence-corrected chi connectivity index (χ4v) is 3.60. The highest BCUT2D eigenvalue weighted by atomic mass is 19.1. The van der Waals surface area contributed by atoms with E-state index in [2.05, 4.69) is 4.98 Å². The Kier molecular flexibility index (Phi) is 4.90. The Morgan fingerprint density at radius 1 is 1.33 bits per heavy atom. The zero-order valence-electron chi connectivity index (χ0n) is 15.3. The van der Waals surface area contributed by atoms with Gasteiger partial charge in [0.1, 0.15) is 11.5 Å². The van der Waals surface area contributed by atoms with Crippen LogP contribution >= 0.6 is 0 Å². The number of halogens is 1. The molecule has 0 saturated carbocycles. The van der Waals surface area contributed by atoms with Gasteiger partial charge in [-0.15, -0.1) is 0 Å². The van der Waals surface area contributed by atoms with Crippen LogP contribution in [0.25, 0.3) is 5.65 Å². The molecule has 0 radical (unpaired) electrons. The van der Waals surface area contributed by atoms with E-state index in [4.69, 9.17) is 4.74 Å². The summed E-state index contributed by atoms with van der Waals surface area (Å²) in [5, 5.41) is 0. The molecule has 1 aliphatic rings. The largest absolute Gasteiger partial charge is 0.374 e. The van der Waals surface area contributed by atoms with Gasteiger partial charge in [0.2, 0.25) is 5.91 Å². The van der Waals surface area contributed by atoms with Crippen LogP contribution < -0.4 is 0 Å². The monoisotopic (exact) mass is 367 g/mol. The summed E-state index contributed by atoms with van der Waals surface area (Å²) in [4.78, 5) is 19.1. The highest BCUT2D eigenvalue weighted by Crippen LogP contribution is 2.16. The minimum absolute atomic E-state index is 0.0610. The summed E-state index contributed by atoms with van der Waals surface area (Å²) in [5.41, 5.74) is 3.72. The maximum Gasteiger partial charge on any atom is 0.228 e. The Labute approximate surface area is 157 Å². The lowest BCUT2D eigenvalue weighted by Gasteiger charge is -2.33. The Balaban J connectivity index is 1.43. The van der Waals surface area contributed by atoms with Crippen molar-refractivity contribution in [3.05, 3.63) is 71.4 Å². The van der Waals surface area contributed by atoms with Gasteiger partial charge in [-0.3, -0.25) is 4.79 Å². The van der Waals surface area contributed by atoms with E-state index in [1.165, 1.54) is 12.1 Å². The first-order valence-electron chi connectivity index (χ1n) is 9.15. The van der Waals surface area contributed by atoms with Crippen molar-refractivity contribution in [2.75, 3.05) is 19.7 Å². The van der Waals surface area contributed by atoms with Gasteiger partial charge in [0.15, 0.2) is 0 Å². The average molecular weight is 367 g/mol. The maximum absolute atomic E-state index is 13.4. The summed E-state index contributed by atoms with van der Waals surface area (Å²) >= 11 is 0. The van der Waals surface area contributed by atoms with E-state index in [-0.39, 0.29) is 17.8 Å². The smallest absolute Gasteiger partial charge is 0.228 e. The maximum atomic E-state index is 13.4. The number of aryl methyl sites for hydroxylation is 1.